The van der Waals surface area contributed by atoms with E-state index >= 15 is 0 Å². The minimum absolute atomic E-state index is 0. The first-order valence-electron chi connectivity index (χ1n) is 8.58. The van der Waals surface area contributed by atoms with Crippen molar-refractivity contribution in [3.8, 4) is 11.1 Å². The summed E-state index contributed by atoms with van der Waals surface area (Å²) in [6, 6.07) is 20.6. The molecule has 0 aromatic heterocycles. The molecule has 1 aliphatic carbocycles. The molecule has 0 aliphatic heterocycles. The van der Waals surface area contributed by atoms with Crippen molar-refractivity contribution >= 4 is 10.8 Å². The molecule has 0 nitrogen and oxygen atoms in total. The minimum Gasteiger partial charge on any atom is -0.165 e. The fraction of sp³-hybridized carbons (Fsp3) is 0.318. The molecule has 0 spiro atoms. The van der Waals surface area contributed by atoms with E-state index in [1.54, 1.807) is 0 Å². The third-order valence-corrected chi connectivity index (χ3v) is 5.19. The first-order valence-corrected chi connectivity index (χ1v) is 8.58. The Balaban J connectivity index is 0.00000156. The van der Waals surface area contributed by atoms with Gasteiger partial charge in [-0.25, -0.2) is 0 Å². The van der Waals surface area contributed by atoms with Crippen LogP contribution in [0.1, 0.15) is 49.1 Å². The number of aryl methyl sites for hydroxylation is 1. The molecule has 1 saturated carbocycles. The summed E-state index contributed by atoms with van der Waals surface area (Å²) in [5.74, 6) is 0.791. The molecule has 0 atom stereocenters. The monoisotopic (exact) mass is 377 g/mol. The maximum absolute atomic E-state index is 2.36. The Morgan fingerprint density at radius 3 is 2.39 bits per heavy atom. The van der Waals surface area contributed by atoms with Crippen LogP contribution in [0.15, 0.2) is 54.6 Å². The van der Waals surface area contributed by atoms with Crippen LogP contribution >= 0.6 is 0 Å². The molecule has 1 fully saturated rings. The van der Waals surface area contributed by atoms with Gasteiger partial charge in [-0.1, -0.05) is 62.1 Å². The van der Waals surface area contributed by atoms with Crippen molar-refractivity contribution in [3.63, 3.8) is 0 Å². The number of hydrogen-bond donors (Lipinski definition) is 0. The molecule has 0 unspecified atom stereocenters. The Kier molecular flexibility index (Phi) is 5.27. The quantitative estimate of drug-likeness (QED) is 0.442. The molecule has 0 saturated heterocycles. The van der Waals surface area contributed by atoms with Gasteiger partial charge in [0.15, 0.2) is 0 Å². The Bertz CT molecular complexity index is 773. The van der Waals surface area contributed by atoms with Crippen LogP contribution in [0.2, 0.25) is 0 Å². The van der Waals surface area contributed by atoms with E-state index in [9.17, 15) is 0 Å². The number of rotatable bonds is 2. The zero-order valence-corrected chi connectivity index (χ0v) is 16.3. The Morgan fingerprint density at radius 2 is 1.65 bits per heavy atom. The third-order valence-electron chi connectivity index (χ3n) is 5.19. The van der Waals surface area contributed by atoms with Crippen LogP contribution in [-0.2, 0) is 26.2 Å². The van der Waals surface area contributed by atoms with Crippen molar-refractivity contribution in [1.29, 1.82) is 0 Å². The molecule has 0 radical (unpaired) electrons. The van der Waals surface area contributed by atoms with Crippen LogP contribution in [0.5, 0.6) is 0 Å². The summed E-state index contributed by atoms with van der Waals surface area (Å²) >= 11 is 0. The Hall–Kier alpha value is -1.07. The molecule has 116 valence electrons. The van der Waals surface area contributed by atoms with Gasteiger partial charge in [0.05, 0.1) is 0 Å². The van der Waals surface area contributed by atoms with Crippen LogP contribution in [-0.4, -0.2) is 0 Å². The summed E-state index contributed by atoms with van der Waals surface area (Å²) in [6.07, 6.45) is 6.97. The van der Waals surface area contributed by atoms with E-state index in [1.807, 2.05) is 0 Å². The van der Waals surface area contributed by atoms with E-state index in [0.29, 0.717) is 0 Å². The second kappa shape index (κ2) is 7.22. The number of benzene rings is 2. The van der Waals surface area contributed by atoms with Gasteiger partial charge in [-0.2, -0.15) is 6.07 Å². The van der Waals surface area contributed by atoms with Gasteiger partial charge in [-0.3, -0.25) is 0 Å². The first kappa shape index (κ1) is 16.8. The van der Waals surface area contributed by atoms with Gasteiger partial charge in [-0.05, 0) is 29.9 Å². The topological polar surface area (TPSA) is 0 Å². The molecule has 1 aliphatic rings. The largest absolute Gasteiger partial charge is 0.165 e. The predicted octanol–water partition coefficient (Wildman–Crippen LogP) is 6.58. The van der Waals surface area contributed by atoms with Gasteiger partial charge in [0.25, 0.3) is 0 Å². The van der Waals surface area contributed by atoms with Gasteiger partial charge in [0, 0.05) is 26.2 Å². The molecular weight excluding hydrogens is 355 g/mol. The second-order valence-electron chi connectivity index (χ2n) is 6.80. The summed E-state index contributed by atoms with van der Waals surface area (Å²) in [4.78, 5) is 0. The van der Waals surface area contributed by atoms with Crippen LogP contribution in [0, 0.1) is 6.92 Å². The SMILES string of the molecule is Cc1cc2c(-c3ccc(C4CCCCC4)cc3)cccc2[cH-]1.[Zr]. The van der Waals surface area contributed by atoms with Crippen molar-refractivity contribution in [3.05, 3.63) is 65.7 Å². The van der Waals surface area contributed by atoms with Crippen molar-refractivity contribution < 1.29 is 26.2 Å². The first-order chi connectivity index (χ1) is 10.8. The molecule has 23 heavy (non-hydrogen) atoms. The summed E-state index contributed by atoms with van der Waals surface area (Å²) in [7, 11) is 0. The molecule has 3 aromatic carbocycles. The van der Waals surface area contributed by atoms with E-state index in [4.69, 9.17) is 0 Å². The standard InChI is InChI=1S/C22H23.Zr/c1-16-14-20-8-5-9-21(22(20)15-16)19-12-10-18(11-13-19)17-6-3-2-4-7-17;/h5,8-15,17H,2-4,6-7H2,1H3;/q-1;. The zero-order chi connectivity index (χ0) is 14.9. The summed E-state index contributed by atoms with van der Waals surface area (Å²) < 4.78 is 0. The van der Waals surface area contributed by atoms with Crippen LogP contribution in [0.3, 0.4) is 0 Å². The predicted molar refractivity (Wildman–Crippen MR) is 95.5 cm³/mol. The summed E-state index contributed by atoms with van der Waals surface area (Å²) in [5, 5.41) is 2.73. The van der Waals surface area contributed by atoms with Crippen molar-refractivity contribution in [2.75, 3.05) is 0 Å². The number of hydrogen-bond acceptors (Lipinski definition) is 0. The Labute approximate surface area is 158 Å². The van der Waals surface area contributed by atoms with Gasteiger partial charge in [0.1, 0.15) is 0 Å². The summed E-state index contributed by atoms with van der Waals surface area (Å²) in [6.45, 7) is 2.18. The Morgan fingerprint density at radius 1 is 0.913 bits per heavy atom. The molecule has 0 bridgehead atoms. The van der Waals surface area contributed by atoms with Gasteiger partial charge in [0.2, 0.25) is 0 Å². The van der Waals surface area contributed by atoms with Crippen LogP contribution < -0.4 is 0 Å². The van der Waals surface area contributed by atoms with E-state index in [1.165, 1.54) is 65.1 Å². The van der Waals surface area contributed by atoms with Crippen molar-refractivity contribution in [2.24, 2.45) is 0 Å². The normalized spacial score (nSPS) is 15.5. The molecule has 3 aromatic rings. The van der Waals surface area contributed by atoms with E-state index in [2.05, 4.69) is 61.5 Å². The van der Waals surface area contributed by atoms with Crippen LogP contribution in [0.4, 0.5) is 0 Å². The van der Waals surface area contributed by atoms with Gasteiger partial charge < -0.3 is 0 Å². The zero-order valence-electron chi connectivity index (χ0n) is 13.8. The van der Waals surface area contributed by atoms with Crippen molar-refractivity contribution in [2.45, 2.75) is 44.9 Å². The smallest absolute Gasteiger partial charge is 0 e. The maximum atomic E-state index is 2.36. The second-order valence-corrected chi connectivity index (χ2v) is 6.80. The molecular formula is C22H23Zr-. The average molecular weight is 379 g/mol. The average Bonchev–Trinajstić information content (AvgIpc) is 2.96. The molecule has 1 heteroatoms. The van der Waals surface area contributed by atoms with E-state index in [0.717, 1.165) is 5.92 Å². The maximum Gasteiger partial charge on any atom is 0 e. The van der Waals surface area contributed by atoms with Gasteiger partial charge >= 0.3 is 0 Å². The fourth-order valence-corrected chi connectivity index (χ4v) is 4.01. The van der Waals surface area contributed by atoms with E-state index in [-0.39, 0.29) is 26.2 Å². The fourth-order valence-electron chi connectivity index (χ4n) is 4.01. The van der Waals surface area contributed by atoms with Crippen molar-refractivity contribution in [1.82, 2.24) is 0 Å². The van der Waals surface area contributed by atoms with E-state index < -0.39 is 0 Å². The molecule has 0 amide bonds. The van der Waals surface area contributed by atoms with Crippen LogP contribution in [0.25, 0.3) is 21.9 Å². The van der Waals surface area contributed by atoms with Gasteiger partial charge in [-0.15, -0.1) is 34.5 Å². The summed E-state index contributed by atoms with van der Waals surface area (Å²) in [5.41, 5.74) is 5.59. The molecule has 0 heterocycles. The molecule has 4 rings (SSSR count). The number of fused-ring (bicyclic) bond motifs is 1. The third kappa shape index (κ3) is 3.41. The molecule has 0 N–H and O–H groups in total. The minimum atomic E-state index is 0.